The molecule has 1 heterocycles. The maximum absolute atomic E-state index is 12.4. The first-order valence-electron chi connectivity index (χ1n) is 9.04. The number of aryl methyl sites for hydroxylation is 1. The Kier molecular flexibility index (Phi) is 6.03. The van der Waals surface area contributed by atoms with E-state index in [9.17, 15) is 14.7 Å². The van der Waals surface area contributed by atoms with Crippen molar-refractivity contribution in [2.24, 2.45) is 0 Å². The molecular weight excluding hydrogens is 332 g/mol. The van der Waals surface area contributed by atoms with Gasteiger partial charge in [0.05, 0.1) is 5.56 Å². The lowest BCUT2D eigenvalue weighted by Gasteiger charge is -2.21. The Hall–Kier alpha value is -1.94. The maximum Gasteiger partial charge on any atom is 0.337 e. The highest BCUT2D eigenvalue weighted by atomic mass is 32.1. The van der Waals surface area contributed by atoms with Gasteiger partial charge in [-0.25, -0.2) is 4.79 Å². The van der Waals surface area contributed by atoms with Crippen molar-refractivity contribution in [1.82, 2.24) is 0 Å². The SMILES string of the molecule is O=C(CCc1ccccc1)Cc1csc(C2CCCCC2)c1C(=O)O. The van der Waals surface area contributed by atoms with E-state index in [0.717, 1.165) is 23.3 Å². The van der Waals surface area contributed by atoms with Gasteiger partial charge in [-0.15, -0.1) is 11.3 Å². The smallest absolute Gasteiger partial charge is 0.337 e. The molecule has 1 N–H and O–H groups in total. The topological polar surface area (TPSA) is 54.4 Å². The van der Waals surface area contributed by atoms with Crippen molar-refractivity contribution in [1.29, 1.82) is 0 Å². The van der Waals surface area contributed by atoms with Crippen LogP contribution in [0.1, 0.15) is 70.8 Å². The van der Waals surface area contributed by atoms with Crippen molar-refractivity contribution in [2.45, 2.75) is 57.3 Å². The monoisotopic (exact) mass is 356 g/mol. The quantitative estimate of drug-likeness (QED) is 0.738. The van der Waals surface area contributed by atoms with Crippen molar-refractivity contribution >= 4 is 23.1 Å². The number of thiophene rings is 1. The summed E-state index contributed by atoms with van der Waals surface area (Å²) in [4.78, 5) is 25.1. The zero-order valence-electron chi connectivity index (χ0n) is 14.4. The van der Waals surface area contributed by atoms with Crippen LogP contribution in [-0.2, 0) is 17.6 Å². The van der Waals surface area contributed by atoms with Crippen molar-refractivity contribution in [2.75, 3.05) is 0 Å². The van der Waals surface area contributed by atoms with Crippen LogP contribution in [-0.4, -0.2) is 16.9 Å². The van der Waals surface area contributed by atoms with Crippen LogP contribution < -0.4 is 0 Å². The number of benzene rings is 1. The summed E-state index contributed by atoms with van der Waals surface area (Å²) < 4.78 is 0. The van der Waals surface area contributed by atoms with E-state index < -0.39 is 5.97 Å². The number of hydrogen-bond donors (Lipinski definition) is 1. The summed E-state index contributed by atoms with van der Waals surface area (Å²) in [7, 11) is 0. The highest BCUT2D eigenvalue weighted by Gasteiger charge is 2.26. The van der Waals surface area contributed by atoms with E-state index in [1.54, 1.807) is 0 Å². The lowest BCUT2D eigenvalue weighted by atomic mass is 9.86. The van der Waals surface area contributed by atoms with E-state index in [4.69, 9.17) is 0 Å². The van der Waals surface area contributed by atoms with Gasteiger partial charge in [-0.3, -0.25) is 4.79 Å². The first-order valence-corrected chi connectivity index (χ1v) is 9.92. The minimum absolute atomic E-state index is 0.111. The molecule has 3 nitrogen and oxygen atoms in total. The van der Waals surface area contributed by atoms with E-state index in [2.05, 4.69) is 0 Å². The van der Waals surface area contributed by atoms with E-state index in [-0.39, 0.29) is 12.2 Å². The van der Waals surface area contributed by atoms with Crippen LogP contribution in [0.4, 0.5) is 0 Å². The molecule has 0 radical (unpaired) electrons. The first kappa shape index (κ1) is 17.9. The van der Waals surface area contributed by atoms with Gasteiger partial charge in [0.1, 0.15) is 5.78 Å². The largest absolute Gasteiger partial charge is 0.478 e. The Balaban J connectivity index is 1.68. The summed E-state index contributed by atoms with van der Waals surface area (Å²) in [5, 5.41) is 11.6. The molecule has 0 bridgehead atoms. The van der Waals surface area contributed by atoms with Crippen LogP contribution in [0.2, 0.25) is 0 Å². The third-order valence-corrected chi connectivity index (χ3v) is 6.20. The summed E-state index contributed by atoms with van der Waals surface area (Å²) in [5.41, 5.74) is 2.25. The number of carbonyl (C=O) groups is 2. The molecule has 25 heavy (non-hydrogen) atoms. The van der Waals surface area contributed by atoms with Gasteiger partial charge in [0, 0.05) is 17.7 Å². The van der Waals surface area contributed by atoms with E-state index >= 15 is 0 Å². The Morgan fingerprint density at radius 3 is 2.48 bits per heavy atom. The number of ketones is 1. The Bertz CT molecular complexity index is 727. The predicted octanol–water partition coefficient (Wildman–Crippen LogP) is 5.24. The molecule has 0 spiro atoms. The minimum Gasteiger partial charge on any atom is -0.478 e. The highest BCUT2D eigenvalue weighted by Crippen LogP contribution is 2.39. The molecular formula is C21H24O3S. The molecule has 1 fully saturated rings. The number of carbonyl (C=O) groups excluding carboxylic acids is 1. The molecule has 1 saturated carbocycles. The molecule has 3 rings (SSSR count). The van der Waals surface area contributed by atoms with E-state index in [0.29, 0.717) is 29.9 Å². The fourth-order valence-corrected chi connectivity index (χ4v) is 4.91. The van der Waals surface area contributed by atoms with Crippen LogP contribution in [0.5, 0.6) is 0 Å². The fourth-order valence-electron chi connectivity index (χ4n) is 3.68. The molecule has 4 heteroatoms. The van der Waals surface area contributed by atoms with Crippen molar-refractivity contribution in [3.63, 3.8) is 0 Å². The van der Waals surface area contributed by atoms with Gasteiger partial charge in [0.2, 0.25) is 0 Å². The van der Waals surface area contributed by atoms with Crippen LogP contribution in [0, 0.1) is 0 Å². The zero-order chi connectivity index (χ0) is 17.6. The molecule has 1 aliphatic carbocycles. The van der Waals surface area contributed by atoms with Gasteiger partial charge in [-0.05, 0) is 41.7 Å². The normalized spacial score (nSPS) is 15.2. The van der Waals surface area contributed by atoms with Gasteiger partial charge in [-0.2, -0.15) is 0 Å². The Labute approximate surface area is 152 Å². The molecule has 0 aliphatic heterocycles. The number of carboxylic acid groups (broad SMARTS) is 1. The summed E-state index contributed by atoms with van der Waals surface area (Å²) in [5.74, 6) is -0.412. The van der Waals surface area contributed by atoms with Crippen LogP contribution in [0.25, 0.3) is 0 Å². The zero-order valence-corrected chi connectivity index (χ0v) is 15.2. The van der Waals surface area contributed by atoms with Gasteiger partial charge >= 0.3 is 5.97 Å². The van der Waals surface area contributed by atoms with Gasteiger partial charge in [-0.1, -0.05) is 49.6 Å². The lowest BCUT2D eigenvalue weighted by molar-refractivity contribution is -0.118. The van der Waals surface area contributed by atoms with Crippen molar-refractivity contribution in [3.05, 3.63) is 57.3 Å². The van der Waals surface area contributed by atoms with Crippen molar-refractivity contribution < 1.29 is 14.7 Å². The molecule has 1 aromatic carbocycles. The molecule has 2 aromatic rings. The second-order valence-corrected chi connectivity index (χ2v) is 7.75. The lowest BCUT2D eigenvalue weighted by Crippen LogP contribution is -2.12. The second-order valence-electron chi connectivity index (χ2n) is 6.84. The standard InChI is InChI=1S/C21H24O3S/c22-18(12-11-15-7-3-1-4-8-15)13-17-14-25-20(19(17)21(23)24)16-9-5-2-6-10-16/h1,3-4,7-8,14,16H,2,5-6,9-13H2,(H,23,24). The molecule has 0 atom stereocenters. The first-order chi connectivity index (χ1) is 12.1. The van der Waals surface area contributed by atoms with Crippen molar-refractivity contribution in [3.8, 4) is 0 Å². The van der Waals surface area contributed by atoms with Crippen LogP contribution in [0.15, 0.2) is 35.7 Å². The third kappa shape index (κ3) is 4.57. The number of aromatic carboxylic acids is 1. The summed E-state index contributed by atoms with van der Waals surface area (Å²) in [6.45, 7) is 0. The van der Waals surface area contributed by atoms with Gasteiger partial charge < -0.3 is 5.11 Å². The number of carboxylic acids is 1. The molecule has 1 aromatic heterocycles. The minimum atomic E-state index is -0.882. The number of hydrogen-bond acceptors (Lipinski definition) is 3. The molecule has 0 amide bonds. The number of Topliss-reactive ketones (excluding diaryl/α,β-unsaturated/α-hetero) is 1. The molecule has 0 unspecified atom stereocenters. The Morgan fingerprint density at radius 1 is 1.08 bits per heavy atom. The summed E-state index contributed by atoms with van der Waals surface area (Å²) >= 11 is 1.53. The Morgan fingerprint density at radius 2 is 1.80 bits per heavy atom. The highest BCUT2D eigenvalue weighted by molar-refractivity contribution is 7.10. The summed E-state index contributed by atoms with van der Waals surface area (Å²) in [6, 6.07) is 9.93. The fraction of sp³-hybridized carbons (Fsp3) is 0.429. The van der Waals surface area contributed by atoms with Gasteiger partial charge in [0.25, 0.3) is 0 Å². The molecule has 0 saturated heterocycles. The van der Waals surface area contributed by atoms with Crippen LogP contribution in [0.3, 0.4) is 0 Å². The maximum atomic E-state index is 12.4. The van der Waals surface area contributed by atoms with E-state index in [1.165, 1.54) is 30.6 Å². The number of rotatable bonds is 7. The summed E-state index contributed by atoms with van der Waals surface area (Å²) in [6.07, 6.45) is 7.14. The molecule has 132 valence electrons. The van der Waals surface area contributed by atoms with E-state index in [1.807, 2.05) is 35.7 Å². The van der Waals surface area contributed by atoms with Crippen LogP contribution >= 0.6 is 11.3 Å². The third-order valence-electron chi connectivity index (χ3n) is 5.01. The average molecular weight is 356 g/mol. The average Bonchev–Trinajstić information content (AvgIpc) is 3.05. The van der Waals surface area contributed by atoms with Gasteiger partial charge in [0.15, 0.2) is 0 Å². The molecule has 1 aliphatic rings. The predicted molar refractivity (Wildman–Crippen MR) is 101 cm³/mol. The second kappa shape index (κ2) is 8.43.